The third-order valence-electron chi connectivity index (χ3n) is 2.98. The number of methoxy groups -OCH3 is 1. The average Bonchev–Trinajstić information content (AvgIpc) is 2.44. The van der Waals surface area contributed by atoms with Gasteiger partial charge in [0, 0.05) is 24.2 Å². The number of amides is 1. The normalized spacial score (nSPS) is 12.1. The van der Waals surface area contributed by atoms with E-state index in [2.05, 4.69) is 0 Å². The van der Waals surface area contributed by atoms with Crippen molar-refractivity contribution in [2.75, 3.05) is 26.2 Å². The van der Waals surface area contributed by atoms with Gasteiger partial charge in [0.05, 0.1) is 13.2 Å². The highest BCUT2D eigenvalue weighted by molar-refractivity contribution is 7.98. The highest BCUT2D eigenvalue weighted by atomic mass is 35.5. The smallest absolute Gasteiger partial charge is 0.239 e. The molecule has 0 fully saturated rings. The molecule has 0 heterocycles. The summed E-state index contributed by atoms with van der Waals surface area (Å²) in [6, 6.07) is 4.90. The Hall–Kier alpha value is -0.910. The molecule has 20 heavy (non-hydrogen) atoms. The third kappa shape index (κ3) is 4.89. The highest BCUT2D eigenvalue weighted by Crippen LogP contribution is 2.23. The predicted molar refractivity (Wildman–Crippen MR) is 85.5 cm³/mol. The Morgan fingerprint density at radius 3 is 2.85 bits per heavy atom. The van der Waals surface area contributed by atoms with E-state index in [-0.39, 0.29) is 5.91 Å². The number of ether oxygens (including phenoxy) is 1. The number of hydrogen-bond acceptors (Lipinski definition) is 4. The van der Waals surface area contributed by atoms with Gasteiger partial charge in [-0.2, -0.15) is 11.8 Å². The minimum atomic E-state index is -0.461. The molecule has 0 aromatic heterocycles. The number of carbonyl (C=O) groups excluding carboxylic acids is 1. The minimum Gasteiger partial charge on any atom is -0.496 e. The Balaban J connectivity index is 2.72. The fraction of sp³-hybridized carbons (Fsp3) is 0.500. The Morgan fingerprint density at radius 2 is 2.25 bits per heavy atom. The van der Waals surface area contributed by atoms with Crippen molar-refractivity contribution in [1.29, 1.82) is 0 Å². The van der Waals surface area contributed by atoms with E-state index in [0.717, 1.165) is 11.3 Å². The first-order valence-electron chi connectivity index (χ1n) is 6.31. The predicted octanol–water partition coefficient (Wildman–Crippen LogP) is 2.39. The first kappa shape index (κ1) is 17.1. The summed E-state index contributed by atoms with van der Waals surface area (Å²) in [6.07, 6.45) is 2.68. The number of nitrogens with zero attached hydrogens (tertiary/aromatic N) is 1. The van der Waals surface area contributed by atoms with E-state index in [0.29, 0.717) is 23.7 Å². The van der Waals surface area contributed by atoms with Crippen LogP contribution in [0.25, 0.3) is 0 Å². The quantitative estimate of drug-likeness (QED) is 0.839. The summed E-state index contributed by atoms with van der Waals surface area (Å²) in [7, 11) is 3.33. The van der Waals surface area contributed by atoms with Crippen molar-refractivity contribution < 1.29 is 9.53 Å². The van der Waals surface area contributed by atoms with E-state index >= 15 is 0 Å². The number of halogens is 1. The van der Waals surface area contributed by atoms with E-state index in [4.69, 9.17) is 22.1 Å². The summed E-state index contributed by atoms with van der Waals surface area (Å²) in [5.74, 6) is 1.52. The van der Waals surface area contributed by atoms with Gasteiger partial charge in [0.1, 0.15) is 5.75 Å². The molecule has 1 amide bonds. The fourth-order valence-electron chi connectivity index (χ4n) is 1.86. The van der Waals surface area contributed by atoms with Crippen LogP contribution >= 0.6 is 23.4 Å². The summed E-state index contributed by atoms with van der Waals surface area (Å²) < 4.78 is 5.28. The van der Waals surface area contributed by atoms with Gasteiger partial charge in [-0.05, 0) is 36.6 Å². The second kappa shape index (κ2) is 8.39. The number of carbonyl (C=O) groups is 1. The minimum absolute atomic E-state index is 0.0684. The maximum Gasteiger partial charge on any atom is 0.239 e. The van der Waals surface area contributed by atoms with Crippen molar-refractivity contribution in [3.63, 3.8) is 0 Å². The zero-order chi connectivity index (χ0) is 15.1. The average molecular weight is 317 g/mol. The van der Waals surface area contributed by atoms with Crippen LogP contribution in [-0.4, -0.2) is 43.0 Å². The molecule has 0 saturated heterocycles. The molecule has 0 unspecified atom stereocenters. The number of likely N-dealkylation sites (N-methyl/N-ethyl adjacent to an activating group) is 1. The van der Waals surface area contributed by atoms with Gasteiger partial charge < -0.3 is 15.4 Å². The molecule has 1 rings (SSSR count). The maximum atomic E-state index is 12.2. The van der Waals surface area contributed by atoms with Gasteiger partial charge >= 0.3 is 0 Å². The van der Waals surface area contributed by atoms with E-state index in [1.54, 1.807) is 49.0 Å². The van der Waals surface area contributed by atoms with Crippen LogP contribution in [-0.2, 0) is 11.3 Å². The summed E-state index contributed by atoms with van der Waals surface area (Å²) in [6.45, 7) is 0.426. The highest BCUT2D eigenvalue weighted by Gasteiger charge is 2.19. The van der Waals surface area contributed by atoms with Crippen molar-refractivity contribution >= 4 is 29.3 Å². The van der Waals surface area contributed by atoms with E-state index in [9.17, 15) is 4.79 Å². The lowest BCUT2D eigenvalue weighted by molar-refractivity contribution is -0.131. The number of nitrogens with two attached hydrogens (primary N) is 1. The molecule has 0 bridgehead atoms. The van der Waals surface area contributed by atoms with Crippen molar-refractivity contribution in [2.24, 2.45) is 5.73 Å². The van der Waals surface area contributed by atoms with Crippen LogP contribution in [0.5, 0.6) is 5.75 Å². The maximum absolute atomic E-state index is 12.2. The fourth-order valence-corrected chi connectivity index (χ4v) is 2.54. The van der Waals surface area contributed by atoms with Gasteiger partial charge in [-0.25, -0.2) is 0 Å². The molecule has 6 heteroatoms. The van der Waals surface area contributed by atoms with Crippen LogP contribution in [0.2, 0.25) is 5.02 Å². The number of hydrogen-bond donors (Lipinski definition) is 1. The molecular formula is C14H21ClN2O2S. The van der Waals surface area contributed by atoms with Gasteiger partial charge in [-0.1, -0.05) is 11.6 Å². The van der Waals surface area contributed by atoms with Crippen LogP contribution in [0.3, 0.4) is 0 Å². The lowest BCUT2D eigenvalue weighted by atomic mass is 10.1. The molecule has 0 aliphatic heterocycles. The SMILES string of the molecule is COc1ccc(Cl)cc1CN(C)C(=O)[C@@H](N)CCSC. The van der Waals surface area contributed by atoms with Crippen LogP contribution in [0.15, 0.2) is 18.2 Å². The third-order valence-corrected chi connectivity index (χ3v) is 3.86. The van der Waals surface area contributed by atoms with E-state index in [1.165, 1.54) is 0 Å². The molecule has 0 aliphatic rings. The van der Waals surface area contributed by atoms with Gasteiger partial charge in [0.15, 0.2) is 0 Å². The van der Waals surface area contributed by atoms with Crippen molar-refractivity contribution in [1.82, 2.24) is 4.90 Å². The second-order valence-corrected chi connectivity index (χ2v) is 5.96. The molecule has 1 atom stereocenters. The van der Waals surface area contributed by atoms with Gasteiger partial charge in [-0.3, -0.25) is 4.79 Å². The first-order valence-corrected chi connectivity index (χ1v) is 8.08. The monoisotopic (exact) mass is 316 g/mol. The molecular weight excluding hydrogens is 296 g/mol. The van der Waals surface area contributed by atoms with E-state index in [1.807, 2.05) is 6.26 Å². The lowest BCUT2D eigenvalue weighted by Gasteiger charge is -2.22. The van der Waals surface area contributed by atoms with Gasteiger partial charge in [-0.15, -0.1) is 0 Å². The van der Waals surface area contributed by atoms with Crippen LogP contribution < -0.4 is 10.5 Å². The molecule has 1 aromatic rings. The molecule has 4 nitrogen and oxygen atoms in total. The van der Waals surface area contributed by atoms with Crippen LogP contribution in [0.1, 0.15) is 12.0 Å². The molecule has 0 spiro atoms. The number of benzene rings is 1. The standard InChI is InChI=1S/C14H21ClN2O2S/c1-17(14(18)12(16)6-7-20-3)9-10-8-11(15)4-5-13(10)19-2/h4-5,8,12H,6-7,9,16H2,1-3H3/t12-/m0/s1. The Labute approximate surface area is 129 Å². The number of thioether (sulfide) groups is 1. The Morgan fingerprint density at radius 1 is 1.55 bits per heavy atom. The summed E-state index contributed by atoms with van der Waals surface area (Å²) in [4.78, 5) is 13.8. The topological polar surface area (TPSA) is 55.6 Å². The zero-order valence-corrected chi connectivity index (χ0v) is 13.6. The summed E-state index contributed by atoms with van der Waals surface area (Å²) >= 11 is 7.66. The zero-order valence-electron chi connectivity index (χ0n) is 12.1. The van der Waals surface area contributed by atoms with Crippen molar-refractivity contribution in [2.45, 2.75) is 19.0 Å². The largest absolute Gasteiger partial charge is 0.496 e. The molecule has 1 aromatic carbocycles. The summed E-state index contributed by atoms with van der Waals surface area (Å²) in [5, 5.41) is 0.619. The Bertz CT molecular complexity index is 457. The van der Waals surface area contributed by atoms with Crippen molar-refractivity contribution in [3.8, 4) is 5.75 Å². The summed E-state index contributed by atoms with van der Waals surface area (Å²) in [5.41, 5.74) is 6.76. The molecule has 112 valence electrons. The number of rotatable bonds is 7. The second-order valence-electron chi connectivity index (χ2n) is 4.54. The Kier molecular flexibility index (Phi) is 7.19. The van der Waals surface area contributed by atoms with Crippen LogP contribution in [0, 0.1) is 0 Å². The van der Waals surface area contributed by atoms with E-state index < -0.39 is 6.04 Å². The van der Waals surface area contributed by atoms with Gasteiger partial charge in [0.2, 0.25) is 5.91 Å². The lowest BCUT2D eigenvalue weighted by Crippen LogP contribution is -2.41. The molecule has 2 N–H and O–H groups in total. The molecule has 0 saturated carbocycles. The van der Waals surface area contributed by atoms with Crippen LogP contribution in [0.4, 0.5) is 0 Å². The first-order chi connectivity index (χ1) is 9.49. The molecule has 0 aliphatic carbocycles. The van der Waals surface area contributed by atoms with Gasteiger partial charge in [0.25, 0.3) is 0 Å². The molecule has 0 radical (unpaired) electrons. The van der Waals surface area contributed by atoms with Crippen molar-refractivity contribution in [3.05, 3.63) is 28.8 Å².